The third kappa shape index (κ3) is 3.59. The lowest BCUT2D eigenvalue weighted by Gasteiger charge is -2.22. The molecule has 4 heteroatoms. The molecule has 1 heterocycles. The number of rotatable bonds is 5. The van der Waals surface area contributed by atoms with E-state index in [0.717, 1.165) is 30.8 Å². The third-order valence-corrected chi connectivity index (χ3v) is 3.50. The van der Waals surface area contributed by atoms with Crippen LogP contribution < -0.4 is 4.74 Å². The number of hydrogen-bond donors (Lipinski definition) is 1. The molecule has 20 heavy (non-hydrogen) atoms. The van der Waals surface area contributed by atoms with Gasteiger partial charge in [-0.05, 0) is 42.0 Å². The topological polar surface area (TPSA) is 63.6 Å². The van der Waals surface area contributed by atoms with Gasteiger partial charge in [0, 0.05) is 12.0 Å². The number of hydrogen-bond acceptors (Lipinski definition) is 3. The number of Topliss-reactive ketones (excluding diaryl/α,β-unsaturated/α-hetero) is 1. The normalized spacial score (nSPS) is 14.3. The summed E-state index contributed by atoms with van der Waals surface area (Å²) in [5.74, 6) is -0.0242. The van der Waals surface area contributed by atoms with Gasteiger partial charge in [0.05, 0.1) is 13.0 Å². The highest BCUT2D eigenvalue weighted by Crippen LogP contribution is 2.30. The first-order valence-corrected chi connectivity index (χ1v) is 6.88. The molecule has 1 aliphatic rings. The second-order valence-electron chi connectivity index (χ2n) is 6.11. The number of aliphatic carboxylic acids is 1. The monoisotopic (exact) mass is 276 g/mol. The Labute approximate surface area is 118 Å². The highest BCUT2D eigenvalue weighted by molar-refractivity contribution is 5.97. The first kappa shape index (κ1) is 14.6. The summed E-state index contributed by atoms with van der Waals surface area (Å²) in [7, 11) is 0. The summed E-state index contributed by atoms with van der Waals surface area (Å²) in [6.45, 7) is 4.34. The number of benzene rings is 1. The molecule has 0 atom stereocenters. The lowest BCUT2D eigenvalue weighted by atomic mass is 9.82. The van der Waals surface area contributed by atoms with E-state index in [1.807, 2.05) is 12.1 Å². The van der Waals surface area contributed by atoms with E-state index in [-0.39, 0.29) is 18.6 Å². The predicted octanol–water partition coefficient (Wildman–Crippen LogP) is 3.09. The summed E-state index contributed by atoms with van der Waals surface area (Å²) in [6, 6.07) is 5.49. The van der Waals surface area contributed by atoms with Crippen molar-refractivity contribution in [1.29, 1.82) is 0 Å². The van der Waals surface area contributed by atoms with Gasteiger partial charge in [0.25, 0.3) is 0 Å². The zero-order chi connectivity index (χ0) is 14.8. The Morgan fingerprint density at radius 3 is 2.75 bits per heavy atom. The number of ether oxygens (including phenoxy) is 1. The second kappa shape index (κ2) is 5.65. The molecule has 0 aromatic heterocycles. The molecule has 0 saturated carbocycles. The third-order valence-electron chi connectivity index (χ3n) is 3.50. The number of ketones is 1. The Hall–Kier alpha value is -1.84. The van der Waals surface area contributed by atoms with Gasteiger partial charge in [-0.15, -0.1) is 0 Å². The number of carboxylic acids is 1. The van der Waals surface area contributed by atoms with E-state index in [1.165, 1.54) is 0 Å². The van der Waals surface area contributed by atoms with E-state index in [2.05, 4.69) is 0 Å². The molecule has 0 fully saturated rings. The average Bonchev–Trinajstić information content (AvgIpc) is 2.36. The summed E-state index contributed by atoms with van der Waals surface area (Å²) >= 11 is 0. The number of carbonyl (C=O) groups is 2. The van der Waals surface area contributed by atoms with Crippen LogP contribution in [0.3, 0.4) is 0 Å². The highest BCUT2D eigenvalue weighted by atomic mass is 16.5. The summed E-state index contributed by atoms with van der Waals surface area (Å²) in [5.41, 5.74) is 1.18. The van der Waals surface area contributed by atoms with Crippen molar-refractivity contribution in [3.8, 4) is 5.75 Å². The molecule has 0 radical (unpaired) electrons. The molecule has 1 aromatic carbocycles. The van der Waals surface area contributed by atoms with Crippen molar-refractivity contribution >= 4 is 11.8 Å². The molecule has 1 N–H and O–H groups in total. The molecule has 0 aliphatic carbocycles. The van der Waals surface area contributed by atoms with Crippen LogP contribution in [0.25, 0.3) is 0 Å². The summed E-state index contributed by atoms with van der Waals surface area (Å²) < 4.78 is 5.52. The van der Waals surface area contributed by atoms with Crippen LogP contribution in [0.1, 0.15) is 49.0 Å². The maximum atomic E-state index is 12.3. The van der Waals surface area contributed by atoms with Gasteiger partial charge in [-0.3, -0.25) is 9.59 Å². The maximum Gasteiger partial charge on any atom is 0.303 e. The molecule has 4 nitrogen and oxygen atoms in total. The first-order chi connectivity index (χ1) is 9.37. The van der Waals surface area contributed by atoms with Crippen LogP contribution in [0, 0.1) is 5.41 Å². The van der Waals surface area contributed by atoms with E-state index < -0.39 is 11.4 Å². The SMILES string of the molecule is CC(C)(CC(=O)O)CC(=O)c1ccc2c(c1)CCCO2. The quantitative estimate of drug-likeness (QED) is 0.839. The largest absolute Gasteiger partial charge is 0.493 e. The fourth-order valence-corrected chi connectivity index (χ4v) is 2.54. The van der Waals surface area contributed by atoms with Crippen LogP contribution in [0.4, 0.5) is 0 Å². The van der Waals surface area contributed by atoms with E-state index >= 15 is 0 Å². The molecular weight excluding hydrogens is 256 g/mol. The second-order valence-corrected chi connectivity index (χ2v) is 6.11. The number of carbonyl (C=O) groups excluding carboxylic acids is 1. The van der Waals surface area contributed by atoms with Gasteiger partial charge < -0.3 is 9.84 Å². The predicted molar refractivity (Wildman–Crippen MR) is 75.2 cm³/mol. The fourth-order valence-electron chi connectivity index (χ4n) is 2.54. The molecule has 1 aromatic rings. The van der Waals surface area contributed by atoms with Gasteiger partial charge in [-0.1, -0.05) is 13.8 Å². The van der Waals surface area contributed by atoms with Crippen molar-refractivity contribution < 1.29 is 19.4 Å². The van der Waals surface area contributed by atoms with Crippen molar-refractivity contribution in [2.45, 2.75) is 39.5 Å². The van der Waals surface area contributed by atoms with Gasteiger partial charge in [-0.2, -0.15) is 0 Å². The smallest absolute Gasteiger partial charge is 0.303 e. The molecule has 0 bridgehead atoms. The van der Waals surface area contributed by atoms with Crippen LogP contribution in [0.5, 0.6) is 5.75 Å². The van der Waals surface area contributed by atoms with Crippen LogP contribution in [-0.2, 0) is 11.2 Å². The Kier molecular flexibility index (Phi) is 4.12. The van der Waals surface area contributed by atoms with Gasteiger partial charge in [0.2, 0.25) is 0 Å². The molecule has 0 spiro atoms. The Bertz CT molecular complexity index is 531. The molecule has 0 saturated heterocycles. The van der Waals surface area contributed by atoms with Crippen LogP contribution >= 0.6 is 0 Å². The van der Waals surface area contributed by atoms with Crippen molar-refractivity contribution in [2.24, 2.45) is 5.41 Å². The molecule has 1 aliphatic heterocycles. The Morgan fingerprint density at radius 1 is 1.30 bits per heavy atom. The van der Waals surface area contributed by atoms with Gasteiger partial charge in [-0.25, -0.2) is 0 Å². The average molecular weight is 276 g/mol. The summed E-state index contributed by atoms with van der Waals surface area (Å²) in [6.07, 6.45) is 2.12. The van der Waals surface area contributed by atoms with Crippen molar-refractivity contribution in [1.82, 2.24) is 0 Å². The first-order valence-electron chi connectivity index (χ1n) is 6.88. The zero-order valence-corrected chi connectivity index (χ0v) is 11.9. The summed E-state index contributed by atoms with van der Waals surface area (Å²) in [4.78, 5) is 23.1. The minimum atomic E-state index is -0.873. The van der Waals surface area contributed by atoms with Crippen LogP contribution in [-0.4, -0.2) is 23.5 Å². The van der Waals surface area contributed by atoms with Crippen LogP contribution in [0.2, 0.25) is 0 Å². The maximum absolute atomic E-state index is 12.3. The van der Waals surface area contributed by atoms with Gasteiger partial charge in [0.15, 0.2) is 5.78 Å². The van der Waals surface area contributed by atoms with Crippen molar-refractivity contribution in [3.05, 3.63) is 29.3 Å². The lowest BCUT2D eigenvalue weighted by Crippen LogP contribution is -2.21. The Morgan fingerprint density at radius 2 is 2.05 bits per heavy atom. The lowest BCUT2D eigenvalue weighted by molar-refractivity contribution is -0.139. The number of carboxylic acid groups (broad SMARTS) is 1. The minimum Gasteiger partial charge on any atom is -0.493 e. The Balaban J connectivity index is 2.11. The van der Waals surface area contributed by atoms with E-state index in [1.54, 1.807) is 19.9 Å². The van der Waals surface area contributed by atoms with E-state index in [0.29, 0.717) is 5.56 Å². The zero-order valence-electron chi connectivity index (χ0n) is 11.9. The van der Waals surface area contributed by atoms with E-state index in [4.69, 9.17) is 9.84 Å². The molecule has 108 valence electrons. The fraction of sp³-hybridized carbons (Fsp3) is 0.500. The summed E-state index contributed by atoms with van der Waals surface area (Å²) in [5, 5.41) is 8.86. The van der Waals surface area contributed by atoms with Crippen LogP contribution in [0.15, 0.2) is 18.2 Å². The number of fused-ring (bicyclic) bond motifs is 1. The van der Waals surface area contributed by atoms with E-state index in [9.17, 15) is 9.59 Å². The molecule has 0 unspecified atom stereocenters. The standard InChI is InChI=1S/C16H20O4/c1-16(2,10-15(18)19)9-13(17)11-5-6-14-12(8-11)4-3-7-20-14/h5-6,8H,3-4,7,9-10H2,1-2H3,(H,18,19). The molecular formula is C16H20O4. The molecule has 0 amide bonds. The number of aryl methyl sites for hydroxylation is 1. The highest BCUT2D eigenvalue weighted by Gasteiger charge is 2.26. The minimum absolute atomic E-state index is 0.00715. The van der Waals surface area contributed by atoms with Crippen molar-refractivity contribution in [3.63, 3.8) is 0 Å². The molecule has 2 rings (SSSR count). The van der Waals surface area contributed by atoms with Gasteiger partial charge >= 0.3 is 5.97 Å². The van der Waals surface area contributed by atoms with Crippen molar-refractivity contribution in [2.75, 3.05) is 6.61 Å². The van der Waals surface area contributed by atoms with Gasteiger partial charge in [0.1, 0.15) is 5.75 Å².